The molecule has 0 spiro atoms. The highest BCUT2D eigenvalue weighted by molar-refractivity contribution is 5.85. The molecule has 1 unspecified atom stereocenters. The van der Waals surface area contributed by atoms with Crippen LogP contribution in [0.15, 0.2) is 0 Å². The molecule has 0 aromatic heterocycles. The molecule has 1 heterocycles. The van der Waals surface area contributed by atoms with E-state index in [0.29, 0.717) is 6.54 Å². The highest BCUT2D eigenvalue weighted by Gasteiger charge is 2.29. The molecular weight excluding hydrogens is 228 g/mol. The molecule has 0 aliphatic carbocycles. The number of nitrogens with two attached hydrogens (primary N) is 1. The third-order valence-corrected chi connectivity index (χ3v) is 2.53. The maximum Gasteiger partial charge on any atom is 0.410 e. The summed E-state index contributed by atoms with van der Waals surface area (Å²) in [7, 11) is 0. The monoisotopic (exact) mass is 250 g/mol. The minimum atomic E-state index is -0.423. The molecule has 1 aliphatic rings. The molecule has 1 atom stereocenters. The number of rotatable bonds is 1. The summed E-state index contributed by atoms with van der Waals surface area (Å²) < 4.78 is 5.34. The van der Waals surface area contributed by atoms with Gasteiger partial charge in [-0.15, -0.1) is 12.4 Å². The van der Waals surface area contributed by atoms with Crippen molar-refractivity contribution in [1.29, 1.82) is 0 Å². The first-order chi connectivity index (χ1) is 6.94. The molecule has 1 aliphatic heterocycles. The van der Waals surface area contributed by atoms with E-state index in [1.54, 1.807) is 4.90 Å². The van der Waals surface area contributed by atoms with E-state index in [-0.39, 0.29) is 24.5 Å². The maximum atomic E-state index is 11.8. The van der Waals surface area contributed by atoms with Crippen LogP contribution >= 0.6 is 12.4 Å². The first-order valence-electron chi connectivity index (χ1n) is 5.64. The Bertz CT molecular complexity index is 229. The van der Waals surface area contributed by atoms with E-state index in [1.807, 2.05) is 20.8 Å². The lowest BCUT2D eigenvalue weighted by atomic mass is 10.0. The van der Waals surface area contributed by atoms with Gasteiger partial charge in [-0.3, -0.25) is 0 Å². The lowest BCUT2D eigenvalue weighted by Crippen LogP contribution is -2.49. The molecule has 1 fully saturated rings. The number of piperidine rings is 1. The van der Waals surface area contributed by atoms with Gasteiger partial charge in [-0.1, -0.05) is 0 Å². The normalized spacial score (nSPS) is 21.2. The summed E-state index contributed by atoms with van der Waals surface area (Å²) >= 11 is 0. The van der Waals surface area contributed by atoms with Gasteiger partial charge in [-0.25, -0.2) is 4.79 Å². The lowest BCUT2D eigenvalue weighted by molar-refractivity contribution is 0.0109. The number of nitrogens with zero attached hydrogens (tertiary/aromatic N) is 1. The fourth-order valence-corrected chi connectivity index (χ4v) is 1.81. The number of hydrogen-bond donors (Lipinski definition) is 1. The topological polar surface area (TPSA) is 55.6 Å². The second-order valence-electron chi connectivity index (χ2n) is 5.06. The van der Waals surface area contributed by atoms with Gasteiger partial charge in [0.15, 0.2) is 0 Å². The molecule has 0 aromatic carbocycles. The van der Waals surface area contributed by atoms with E-state index in [1.165, 1.54) is 0 Å². The van der Waals surface area contributed by atoms with Crippen LogP contribution in [0.3, 0.4) is 0 Å². The molecule has 1 rings (SSSR count). The number of likely N-dealkylation sites (tertiary alicyclic amines) is 1. The number of ether oxygens (including phenoxy) is 1. The van der Waals surface area contributed by atoms with Gasteiger partial charge >= 0.3 is 6.09 Å². The van der Waals surface area contributed by atoms with Crippen molar-refractivity contribution in [3.8, 4) is 0 Å². The van der Waals surface area contributed by atoms with Crippen LogP contribution in [-0.2, 0) is 4.74 Å². The summed E-state index contributed by atoms with van der Waals surface area (Å²) in [6.07, 6.45) is 2.98. The van der Waals surface area contributed by atoms with E-state index in [2.05, 4.69) is 0 Å². The molecule has 0 saturated carbocycles. The van der Waals surface area contributed by atoms with Gasteiger partial charge in [-0.2, -0.15) is 0 Å². The van der Waals surface area contributed by atoms with Gasteiger partial charge in [0.2, 0.25) is 0 Å². The van der Waals surface area contributed by atoms with Gasteiger partial charge in [0, 0.05) is 19.1 Å². The molecule has 2 N–H and O–H groups in total. The van der Waals surface area contributed by atoms with Crippen LogP contribution < -0.4 is 5.73 Å². The maximum absolute atomic E-state index is 11.8. The van der Waals surface area contributed by atoms with Crippen LogP contribution in [0.5, 0.6) is 0 Å². The van der Waals surface area contributed by atoms with Crippen molar-refractivity contribution in [3.05, 3.63) is 0 Å². The van der Waals surface area contributed by atoms with Crippen LogP contribution in [0.2, 0.25) is 0 Å². The van der Waals surface area contributed by atoms with E-state index in [9.17, 15) is 4.79 Å². The molecule has 0 aromatic rings. The third-order valence-electron chi connectivity index (χ3n) is 2.53. The zero-order chi connectivity index (χ0) is 11.5. The van der Waals surface area contributed by atoms with Gasteiger partial charge in [0.1, 0.15) is 5.60 Å². The minimum Gasteiger partial charge on any atom is -0.444 e. The van der Waals surface area contributed by atoms with Crippen molar-refractivity contribution < 1.29 is 9.53 Å². The summed E-state index contributed by atoms with van der Waals surface area (Å²) in [5, 5.41) is 0. The van der Waals surface area contributed by atoms with Crippen LogP contribution in [0, 0.1) is 0 Å². The summed E-state index contributed by atoms with van der Waals surface area (Å²) in [5.41, 5.74) is 5.22. The average molecular weight is 251 g/mol. The Labute approximate surface area is 104 Å². The van der Waals surface area contributed by atoms with Gasteiger partial charge in [0.05, 0.1) is 0 Å². The van der Waals surface area contributed by atoms with Crippen LogP contribution in [0.4, 0.5) is 4.79 Å². The zero-order valence-corrected chi connectivity index (χ0v) is 11.2. The fraction of sp³-hybridized carbons (Fsp3) is 0.909. The number of carbonyl (C=O) groups excluding carboxylic acids is 1. The molecule has 4 nitrogen and oxygen atoms in total. The number of halogens is 1. The van der Waals surface area contributed by atoms with Gasteiger partial charge in [0.25, 0.3) is 0 Å². The fourth-order valence-electron chi connectivity index (χ4n) is 1.81. The van der Waals surface area contributed by atoms with Crippen LogP contribution in [-0.4, -0.2) is 35.7 Å². The Morgan fingerprint density at radius 3 is 2.56 bits per heavy atom. The van der Waals surface area contributed by atoms with E-state index >= 15 is 0 Å². The Kier molecular flexibility index (Phi) is 6.11. The van der Waals surface area contributed by atoms with Crippen molar-refractivity contribution in [2.45, 2.75) is 51.7 Å². The Hall–Kier alpha value is -0.480. The van der Waals surface area contributed by atoms with E-state index in [0.717, 1.165) is 25.8 Å². The highest BCUT2D eigenvalue weighted by Crippen LogP contribution is 2.19. The van der Waals surface area contributed by atoms with E-state index < -0.39 is 5.60 Å². The van der Waals surface area contributed by atoms with Gasteiger partial charge < -0.3 is 15.4 Å². The first kappa shape index (κ1) is 15.5. The SMILES string of the molecule is CC(C)(C)OC(=O)N1CCCCC1CN.Cl. The predicted octanol–water partition coefficient (Wildman–Crippen LogP) is 2.16. The standard InChI is InChI=1S/C11H22N2O2.ClH/c1-11(2,3)15-10(14)13-7-5-4-6-9(13)8-12;/h9H,4-8,12H2,1-3H3;1H. The van der Waals surface area contributed by atoms with E-state index in [4.69, 9.17) is 10.5 Å². The second-order valence-corrected chi connectivity index (χ2v) is 5.06. The van der Waals surface area contributed by atoms with Crippen LogP contribution in [0.25, 0.3) is 0 Å². The summed E-state index contributed by atoms with van der Waals surface area (Å²) in [6, 6.07) is 0.161. The molecular formula is C11H23ClN2O2. The quantitative estimate of drug-likeness (QED) is 0.776. The summed E-state index contributed by atoms with van der Waals surface area (Å²) in [5.74, 6) is 0. The molecule has 5 heteroatoms. The molecule has 1 saturated heterocycles. The lowest BCUT2D eigenvalue weighted by Gasteiger charge is -2.36. The molecule has 96 valence electrons. The average Bonchev–Trinajstić information content (AvgIpc) is 2.15. The minimum absolute atomic E-state index is 0. The highest BCUT2D eigenvalue weighted by atomic mass is 35.5. The predicted molar refractivity (Wildman–Crippen MR) is 66.9 cm³/mol. The van der Waals surface area contributed by atoms with Crippen molar-refractivity contribution in [3.63, 3.8) is 0 Å². The Morgan fingerprint density at radius 1 is 1.44 bits per heavy atom. The smallest absolute Gasteiger partial charge is 0.410 e. The molecule has 0 radical (unpaired) electrons. The Balaban J connectivity index is 0.00000225. The molecule has 1 amide bonds. The van der Waals surface area contributed by atoms with Gasteiger partial charge in [-0.05, 0) is 40.0 Å². The number of amides is 1. The zero-order valence-electron chi connectivity index (χ0n) is 10.4. The summed E-state index contributed by atoms with van der Waals surface area (Å²) in [4.78, 5) is 13.6. The van der Waals surface area contributed by atoms with Crippen LogP contribution in [0.1, 0.15) is 40.0 Å². The van der Waals surface area contributed by atoms with Crippen molar-refractivity contribution >= 4 is 18.5 Å². The number of hydrogen-bond acceptors (Lipinski definition) is 3. The number of carbonyl (C=O) groups is 1. The van der Waals surface area contributed by atoms with Crippen molar-refractivity contribution in [1.82, 2.24) is 4.90 Å². The summed E-state index contributed by atoms with van der Waals surface area (Å²) in [6.45, 7) is 6.95. The Morgan fingerprint density at radius 2 is 2.06 bits per heavy atom. The third kappa shape index (κ3) is 4.58. The molecule has 16 heavy (non-hydrogen) atoms. The van der Waals surface area contributed by atoms with Crippen molar-refractivity contribution in [2.24, 2.45) is 5.73 Å². The first-order valence-corrected chi connectivity index (χ1v) is 5.64. The van der Waals surface area contributed by atoms with Crippen molar-refractivity contribution in [2.75, 3.05) is 13.1 Å². The molecule has 0 bridgehead atoms. The largest absolute Gasteiger partial charge is 0.444 e. The second kappa shape index (κ2) is 6.30.